The molecule has 7 nitrogen and oxygen atoms in total. The van der Waals surface area contributed by atoms with Crippen molar-refractivity contribution in [1.29, 1.82) is 0 Å². The Labute approximate surface area is 165 Å². The van der Waals surface area contributed by atoms with Crippen LogP contribution in [0.15, 0.2) is 24.3 Å². The second-order valence-electron chi connectivity index (χ2n) is 6.27. The number of ether oxygens (including phenoxy) is 3. The van der Waals surface area contributed by atoms with E-state index in [-0.39, 0.29) is 30.5 Å². The van der Waals surface area contributed by atoms with Crippen LogP contribution >= 0.6 is 12.2 Å². The van der Waals surface area contributed by atoms with Gasteiger partial charge in [0.15, 0.2) is 5.11 Å². The normalized spacial score (nSPS) is 10.4. The van der Waals surface area contributed by atoms with Crippen molar-refractivity contribution in [2.45, 2.75) is 33.1 Å². The van der Waals surface area contributed by atoms with E-state index in [1.165, 1.54) is 7.11 Å². The average Bonchev–Trinajstić information content (AvgIpc) is 2.61. The second kappa shape index (κ2) is 13.1. The third-order valence-corrected chi connectivity index (χ3v) is 3.64. The molecule has 0 aromatic heterocycles. The molecule has 1 aromatic rings. The van der Waals surface area contributed by atoms with E-state index in [0.29, 0.717) is 19.1 Å². The van der Waals surface area contributed by atoms with E-state index < -0.39 is 5.97 Å². The Morgan fingerprint density at radius 3 is 2.41 bits per heavy atom. The number of rotatable bonds is 11. The number of carbonyl (C=O) groups excluding carboxylic acids is 2. The highest BCUT2D eigenvalue weighted by atomic mass is 32.1. The van der Waals surface area contributed by atoms with Gasteiger partial charge in [0.1, 0.15) is 12.4 Å². The summed E-state index contributed by atoms with van der Waals surface area (Å²) in [5.74, 6) is 0.571. The molecule has 150 valence electrons. The van der Waals surface area contributed by atoms with E-state index in [0.717, 1.165) is 17.9 Å². The Kier molecular flexibility index (Phi) is 11.0. The Morgan fingerprint density at radius 1 is 1.07 bits per heavy atom. The number of nitrogens with one attached hydrogen (secondary N) is 2. The fourth-order valence-electron chi connectivity index (χ4n) is 1.93. The zero-order valence-electron chi connectivity index (χ0n) is 16.1. The van der Waals surface area contributed by atoms with E-state index in [2.05, 4.69) is 24.5 Å². The minimum atomic E-state index is -0.450. The zero-order chi connectivity index (χ0) is 20.1. The van der Waals surface area contributed by atoms with Gasteiger partial charge in [-0.05, 0) is 48.8 Å². The van der Waals surface area contributed by atoms with Gasteiger partial charge >= 0.3 is 5.97 Å². The fraction of sp³-hybridized carbons (Fsp3) is 0.526. The summed E-state index contributed by atoms with van der Waals surface area (Å²) in [6.45, 7) is 5.47. The van der Waals surface area contributed by atoms with Gasteiger partial charge in [-0.1, -0.05) is 13.8 Å². The van der Waals surface area contributed by atoms with Crippen molar-refractivity contribution < 1.29 is 23.8 Å². The Bertz CT molecular complexity index is 605. The van der Waals surface area contributed by atoms with Gasteiger partial charge in [0.2, 0.25) is 5.91 Å². The summed E-state index contributed by atoms with van der Waals surface area (Å²) >= 11 is 5.10. The molecule has 0 aliphatic rings. The number of amides is 1. The van der Waals surface area contributed by atoms with E-state index in [1.54, 1.807) is 0 Å². The Morgan fingerprint density at radius 2 is 1.78 bits per heavy atom. The number of esters is 1. The fourth-order valence-corrected chi connectivity index (χ4v) is 2.16. The van der Waals surface area contributed by atoms with Crippen LogP contribution in [0.3, 0.4) is 0 Å². The van der Waals surface area contributed by atoms with Gasteiger partial charge in [0, 0.05) is 19.2 Å². The highest BCUT2D eigenvalue weighted by Gasteiger charge is 2.09. The molecular weight excluding hydrogens is 368 g/mol. The highest BCUT2D eigenvalue weighted by Crippen LogP contribution is 2.16. The molecule has 2 N–H and O–H groups in total. The summed E-state index contributed by atoms with van der Waals surface area (Å²) in [6.07, 6.45) is 0.979. The molecule has 0 aliphatic heterocycles. The first kappa shape index (κ1) is 22.9. The maximum atomic E-state index is 11.8. The van der Waals surface area contributed by atoms with E-state index in [1.807, 2.05) is 24.3 Å². The maximum absolute atomic E-state index is 11.8. The monoisotopic (exact) mass is 396 g/mol. The standard InChI is InChI=1S/C19H28N2O5S/c1-14(2)10-11-25-16-6-4-15(5-7-16)20-19(27)21-17(22)8-9-18(23)26-13-12-24-3/h4-7,14H,8-13H2,1-3H3,(H2,20,21,22,27). The van der Waals surface area contributed by atoms with Gasteiger partial charge < -0.3 is 24.8 Å². The molecule has 0 saturated carbocycles. The number of methoxy groups -OCH3 is 1. The Balaban J connectivity index is 2.28. The van der Waals surface area contributed by atoms with Crippen molar-refractivity contribution in [2.75, 3.05) is 32.2 Å². The molecular formula is C19H28N2O5S. The lowest BCUT2D eigenvalue weighted by molar-refractivity contribution is -0.146. The number of benzene rings is 1. The van der Waals surface area contributed by atoms with Crippen LogP contribution in [0.1, 0.15) is 33.1 Å². The van der Waals surface area contributed by atoms with Crippen molar-refractivity contribution in [1.82, 2.24) is 5.32 Å². The predicted octanol–water partition coefficient (Wildman–Crippen LogP) is 2.89. The largest absolute Gasteiger partial charge is 0.494 e. The van der Waals surface area contributed by atoms with E-state index >= 15 is 0 Å². The van der Waals surface area contributed by atoms with Crippen LogP contribution in [-0.2, 0) is 19.1 Å². The number of carbonyl (C=O) groups is 2. The minimum Gasteiger partial charge on any atom is -0.494 e. The second-order valence-corrected chi connectivity index (χ2v) is 6.68. The molecule has 0 radical (unpaired) electrons. The number of hydrogen-bond donors (Lipinski definition) is 2. The first-order valence-electron chi connectivity index (χ1n) is 8.89. The quantitative estimate of drug-likeness (QED) is 0.338. The lowest BCUT2D eigenvalue weighted by atomic mass is 10.1. The van der Waals surface area contributed by atoms with Crippen molar-refractivity contribution in [2.24, 2.45) is 5.92 Å². The minimum absolute atomic E-state index is 0.00371. The van der Waals surface area contributed by atoms with Crippen LogP contribution in [0, 0.1) is 5.92 Å². The SMILES string of the molecule is COCCOC(=O)CCC(=O)NC(=S)Nc1ccc(OCCC(C)C)cc1. The van der Waals surface area contributed by atoms with Crippen molar-refractivity contribution in [3.63, 3.8) is 0 Å². The van der Waals surface area contributed by atoms with Crippen LogP contribution in [-0.4, -0.2) is 43.9 Å². The summed E-state index contributed by atoms with van der Waals surface area (Å²) < 4.78 is 15.3. The number of hydrogen-bond acceptors (Lipinski definition) is 6. The first-order chi connectivity index (χ1) is 12.9. The van der Waals surface area contributed by atoms with Crippen LogP contribution in [0.4, 0.5) is 5.69 Å². The van der Waals surface area contributed by atoms with Gasteiger partial charge in [-0.15, -0.1) is 0 Å². The molecule has 0 atom stereocenters. The highest BCUT2D eigenvalue weighted by molar-refractivity contribution is 7.80. The summed E-state index contributed by atoms with van der Waals surface area (Å²) in [5.41, 5.74) is 0.732. The Hall–Kier alpha value is -2.19. The summed E-state index contributed by atoms with van der Waals surface area (Å²) in [4.78, 5) is 23.2. The lowest BCUT2D eigenvalue weighted by Gasteiger charge is -2.11. The van der Waals surface area contributed by atoms with Crippen LogP contribution in [0.25, 0.3) is 0 Å². The van der Waals surface area contributed by atoms with E-state index in [9.17, 15) is 9.59 Å². The third-order valence-electron chi connectivity index (χ3n) is 3.44. The topological polar surface area (TPSA) is 85.9 Å². The average molecular weight is 397 g/mol. The molecule has 8 heteroatoms. The maximum Gasteiger partial charge on any atom is 0.306 e. The third kappa shape index (κ3) is 11.2. The van der Waals surface area contributed by atoms with Crippen molar-refractivity contribution >= 4 is 34.9 Å². The molecule has 0 aliphatic carbocycles. The van der Waals surface area contributed by atoms with Gasteiger partial charge in [-0.25, -0.2) is 0 Å². The van der Waals surface area contributed by atoms with Gasteiger partial charge in [0.05, 0.1) is 19.6 Å². The molecule has 1 aromatic carbocycles. The van der Waals surface area contributed by atoms with Gasteiger partial charge in [-0.3, -0.25) is 9.59 Å². The van der Waals surface area contributed by atoms with Gasteiger partial charge in [-0.2, -0.15) is 0 Å². The number of thiocarbonyl (C=S) groups is 1. The summed E-state index contributed by atoms with van der Waals surface area (Å²) in [6, 6.07) is 7.30. The van der Waals surface area contributed by atoms with Crippen LogP contribution < -0.4 is 15.4 Å². The molecule has 0 saturated heterocycles. The molecule has 0 bridgehead atoms. The van der Waals surface area contributed by atoms with E-state index in [4.69, 9.17) is 26.4 Å². The smallest absolute Gasteiger partial charge is 0.306 e. The first-order valence-corrected chi connectivity index (χ1v) is 9.29. The summed E-state index contributed by atoms with van der Waals surface area (Å²) in [7, 11) is 1.52. The van der Waals surface area contributed by atoms with Gasteiger partial charge in [0.25, 0.3) is 0 Å². The molecule has 0 spiro atoms. The lowest BCUT2D eigenvalue weighted by Crippen LogP contribution is -2.34. The molecule has 27 heavy (non-hydrogen) atoms. The zero-order valence-corrected chi connectivity index (χ0v) is 16.9. The van der Waals surface area contributed by atoms with Crippen molar-refractivity contribution in [3.05, 3.63) is 24.3 Å². The van der Waals surface area contributed by atoms with Crippen LogP contribution in [0.5, 0.6) is 5.75 Å². The molecule has 0 fully saturated rings. The predicted molar refractivity (Wildman–Crippen MR) is 108 cm³/mol. The molecule has 1 rings (SSSR count). The molecule has 0 heterocycles. The molecule has 0 unspecified atom stereocenters. The molecule has 1 amide bonds. The summed E-state index contributed by atoms with van der Waals surface area (Å²) in [5, 5.41) is 5.61. The van der Waals surface area contributed by atoms with Crippen molar-refractivity contribution in [3.8, 4) is 5.75 Å². The van der Waals surface area contributed by atoms with Crippen LogP contribution in [0.2, 0.25) is 0 Å². The number of anilines is 1.